The van der Waals surface area contributed by atoms with Crippen molar-refractivity contribution in [3.8, 4) is 10.4 Å². The molecule has 8 nitrogen and oxygen atoms in total. The SMILES string of the molecule is CNC(=O)O[C@H]1CC[C@H](C(=O)N(CC23CCC(c4ccc(N(C)C)nc4)(CC2)CC3)c2cccc(-c3cnc(C4CC4)s3)c2)CC1. The van der Waals surface area contributed by atoms with E-state index in [1.54, 1.807) is 18.4 Å². The zero-order valence-corrected chi connectivity index (χ0v) is 28.3. The van der Waals surface area contributed by atoms with Crippen LogP contribution >= 0.6 is 11.3 Å². The molecule has 0 aliphatic heterocycles. The summed E-state index contributed by atoms with van der Waals surface area (Å²) in [4.78, 5) is 41.2. The number of fused-ring (bicyclic) bond motifs is 3. The second kappa shape index (κ2) is 12.6. The number of hydrogen-bond donors (Lipinski definition) is 1. The molecule has 8 rings (SSSR count). The van der Waals surface area contributed by atoms with E-state index in [9.17, 15) is 9.59 Å². The van der Waals surface area contributed by atoms with E-state index in [1.807, 2.05) is 20.3 Å². The van der Waals surface area contributed by atoms with E-state index >= 15 is 0 Å². The fourth-order valence-electron chi connectivity index (χ4n) is 8.16. The van der Waals surface area contributed by atoms with Crippen LogP contribution in [0.1, 0.15) is 93.5 Å². The van der Waals surface area contributed by atoms with Gasteiger partial charge in [-0.1, -0.05) is 18.2 Å². The summed E-state index contributed by atoms with van der Waals surface area (Å²) >= 11 is 1.80. The maximum absolute atomic E-state index is 14.5. The number of carbonyl (C=O) groups is 2. The molecule has 2 aromatic heterocycles. The summed E-state index contributed by atoms with van der Waals surface area (Å²) in [6.07, 6.45) is 15.8. The first-order chi connectivity index (χ1) is 22.3. The monoisotopic (exact) mass is 641 g/mol. The number of ether oxygens (including phenoxy) is 1. The molecular weight excluding hydrogens is 595 g/mol. The van der Waals surface area contributed by atoms with Gasteiger partial charge in [0, 0.05) is 57.6 Å². The van der Waals surface area contributed by atoms with Gasteiger partial charge in [-0.3, -0.25) is 4.79 Å². The number of carbonyl (C=O) groups excluding carboxylic acids is 2. The Kier molecular flexibility index (Phi) is 8.55. The molecule has 0 radical (unpaired) electrons. The molecule has 0 saturated heterocycles. The highest BCUT2D eigenvalue weighted by Crippen LogP contribution is 2.58. The molecule has 1 N–H and O–H groups in total. The van der Waals surface area contributed by atoms with E-state index in [1.165, 1.54) is 28.3 Å². The summed E-state index contributed by atoms with van der Waals surface area (Å²) in [7, 11) is 5.65. The third-order valence-corrected chi connectivity index (χ3v) is 12.6. The van der Waals surface area contributed by atoms with Crippen molar-refractivity contribution in [2.24, 2.45) is 11.3 Å². The van der Waals surface area contributed by atoms with Gasteiger partial charge < -0.3 is 19.9 Å². The van der Waals surface area contributed by atoms with Crippen molar-refractivity contribution in [1.82, 2.24) is 15.3 Å². The Morgan fingerprint density at radius 1 is 0.935 bits per heavy atom. The summed E-state index contributed by atoms with van der Waals surface area (Å²) in [5, 5.41) is 3.79. The number of amides is 2. The van der Waals surface area contributed by atoms with Gasteiger partial charge in [-0.2, -0.15) is 0 Å². The summed E-state index contributed by atoms with van der Waals surface area (Å²) in [6.45, 7) is 0.758. The number of benzene rings is 1. The van der Waals surface area contributed by atoms with E-state index in [2.05, 4.69) is 57.7 Å². The molecule has 46 heavy (non-hydrogen) atoms. The average Bonchev–Trinajstić information content (AvgIpc) is 3.84. The molecule has 244 valence electrons. The van der Waals surface area contributed by atoms with E-state index in [0.717, 1.165) is 87.8 Å². The maximum Gasteiger partial charge on any atom is 0.407 e. The summed E-state index contributed by atoms with van der Waals surface area (Å²) in [5.41, 5.74) is 3.82. The number of aromatic nitrogens is 2. The minimum atomic E-state index is -0.393. The Morgan fingerprint density at radius 3 is 2.30 bits per heavy atom. The lowest BCUT2D eigenvalue weighted by molar-refractivity contribution is -0.124. The first-order valence-corrected chi connectivity index (χ1v) is 18.0. The van der Waals surface area contributed by atoms with Crippen LogP contribution in [0.2, 0.25) is 0 Å². The molecule has 0 spiro atoms. The van der Waals surface area contributed by atoms with Crippen molar-refractivity contribution in [3.05, 3.63) is 59.4 Å². The minimum Gasteiger partial charge on any atom is -0.446 e. The first kappa shape index (κ1) is 31.2. The van der Waals surface area contributed by atoms with Crippen molar-refractivity contribution in [2.75, 3.05) is 37.5 Å². The van der Waals surface area contributed by atoms with Crippen molar-refractivity contribution in [2.45, 2.75) is 94.5 Å². The summed E-state index contributed by atoms with van der Waals surface area (Å²) < 4.78 is 5.54. The standard InChI is InChI=1S/C37H47N5O3S/c1-38-35(44)45-30-12-9-26(10-13-30)34(43)42(29-6-4-5-27(21-29)31-23-40-33(46-31)25-7-8-25)24-36-15-18-37(19-16-36,20-17-36)28-11-14-32(39-22-28)41(2)3/h4-6,11,14,21-23,25-26,30H,7-10,12-13,15-20,24H2,1-3H3,(H,38,44)/t26-,30-,36?,37?. The lowest BCUT2D eigenvalue weighted by Gasteiger charge is -2.55. The predicted octanol–water partition coefficient (Wildman–Crippen LogP) is 7.69. The Balaban J connectivity index is 1.12. The molecule has 0 atom stereocenters. The van der Waals surface area contributed by atoms with Gasteiger partial charge in [-0.25, -0.2) is 14.8 Å². The predicted molar refractivity (Wildman–Crippen MR) is 184 cm³/mol. The Labute approximate surface area is 277 Å². The lowest BCUT2D eigenvalue weighted by Crippen LogP contribution is -2.51. The molecule has 5 fully saturated rings. The third-order valence-electron chi connectivity index (χ3n) is 11.4. The largest absolute Gasteiger partial charge is 0.446 e. The van der Waals surface area contributed by atoms with Crippen LogP contribution < -0.4 is 15.1 Å². The normalized spacial score (nSPS) is 27.2. The highest BCUT2D eigenvalue weighted by molar-refractivity contribution is 7.15. The first-order valence-electron chi connectivity index (χ1n) is 17.2. The second-order valence-corrected chi connectivity index (χ2v) is 15.6. The van der Waals surface area contributed by atoms with Crippen LogP contribution in [-0.4, -0.2) is 55.8 Å². The molecular formula is C37H47N5O3S. The van der Waals surface area contributed by atoms with Gasteiger partial charge in [-0.05, 0) is 117 Å². The van der Waals surface area contributed by atoms with Gasteiger partial charge in [0.1, 0.15) is 11.9 Å². The quantitative estimate of drug-likeness (QED) is 0.258. The Morgan fingerprint density at radius 2 is 1.67 bits per heavy atom. The van der Waals surface area contributed by atoms with Gasteiger partial charge in [-0.15, -0.1) is 11.3 Å². The van der Waals surface area contributed by atoms with E-state index in [4.69, 9.17) is 14.7 Å². The van der Waals surface area contributed by atoms with Gasteiger partial charge in [0.25, 0.3) is 0 Å². The smallest absolute Gasteiger partial charge is 0.407 e. The fraction of sp³-hybridized carbons (Fsp3) is 0.568. The average molecular weight is 642 g/mol. The number of thiazole rings is 1. The number of anilines is 2. The van der Waals surface area contributed by atoms with Crippen molar-refractivity contribution in [1.29, 1.82) is 0 Å². The Hall–Kier alpha value is -3.46. The number of alkyl carbamates (subject to hydrolysis) is 1. The molecule has 1 aromatic carbocycles. The highest BCUT2D eigenvalue weighted by atomic mass is 32.1. The zero-order valence-electron chi connectivity index (χ0n) is 27.5. The topological polar surface area (TPSA) is 87.7 Å². The number of nitrogens with zero attached hydrogens (tertiary/aromatic N) is 4. The molecule has 2 heterocycles. The lowest BCUT2D eigenvalue weighted by atomic mass is 9.52. The van der Waals surface area contributed by atoms with Crippen molar-refractivity contribution in [3.63, 3.8) is 0 Å². The zero-order chi connectivity index (χ0) is 31.9. The minimum absolute atomic E-state index is 0.0676. The van der Waals surface area contributed by atoms with E-state index in [-0.39, 0.29) is 28.8 Å². The molecule has 3 aromatic rings. The second-order valence-electron chi connectivity index (χ2n) is 14.5. The van der Waals surface area contributed by atoms with Gasteiger partial charge in [0.05, 0.1) is 9.88 Å². The summed E-state index contributed by atoms with van der Waals surface area (Å²) in [6, 6.07) is 13.0. The van der Waals surface area contributed by atoms with Crippen molar-refractivity contribution >= 4 is 34.8 Å². The number of pyridine rings is 1. The molecule has 9 heteroatoms. The van der Waals surface area contributed by atoms with Crippen LogP contribution in [0.15, 0.2) is 48.8 Å². The molecule has 5 aliphatic carbocycles. The van der Waals surface area contributed by atoms with Crippen molar-refractivity contribution < 1.29 is 14.3 Å². The fourth-order valence-corrected chi connectivity index (χ4v) is 9.24. The van der Waals surface area contributed by atoms with Gasteiger partial charge in [0.15, 0.2) is 0 Å². The summed E-state index contributed by atoms with van der Waals surface area (Å²) in [5.74, 6) is 1.78. The van der Waals surface area contributed by atoms with Gasteiger partial charge >= 0.3 is 6.09 Å². The van der Waals surface area contributed by atoms with E-state index < -0.39 is 6.09 Å². The van der Waals surface area contributed by atoms with E-state index in [0.29, 0.717) is 5.92 Å². The number of nitrogens with one attached hydrogen (secondary N) is 1. The molecule has 5 saturated carbocycles. The highest BCUT2D eigenvalue weighted by Gasteiger charge is 2.51. The molecule has 5 aliphatic rings. The number of hydrogen-bond acceptors (Lipinski definition) is 7. The van der Waals surface area contributed by atoms with Crippen LogP contribution in [0, 0.1) is 11.3 Å². The van der Waals surface area contributed by atoms with Crippen LogP contribution in [0.4, 0.5) is 16.3 Å². The maximum atomic E-state index is 14.5. The molecule has 2 amide bonds. The van der Waals surface area contributed by atoms with Crippen LogP contribution in [0.5, 0.6) is 0 Å². The van der Waals surface area contributed by atoms with Crippen LogP contribution in [0.3, 0.4) is 0 Å². The molecule has 0 unspecified atom stereocenters. The Bertz CT molecular complexity index is 1530. The van der Waals surface area contributed by atoms with Crippen LogP contribution in [0.25, 0.3) is 10.4 Å². The van der Waals surface area contributed by atoms with Crippen LogP contribution in [-0.2, 0) is 14.9 Å². The number of rotatable bonds is 9. The third kappa shape index (κ3) is 6.27. The van der Waals surface area contributed by atoms with Gasteiger partial charge in [0.2, 0.25) is 5.91 Å². The molecule has 2 bridgehead atoms.